The van der Waals surface area contributed by atoms with Gasteiger partial charge in [0.25, 0.3) is 0 Å². The first-order chi connectivity index (χ1) is 14.6. The molecule has 0 radical (unpaired) electrons. The molecular weight excluding hydrogens is 400 g/mol. The average Bonchev–Trinajstić information content (AvgIpc) is 3.38. The maximum absolute atomic E-state index is 14.5. The van der Waals surface area contributed by atoms with Crippen molar-refractivity contribution in [2.24, 2.45) is 17.8 Å². The second-order valence-electron chi connectivity index (χ2n) is 7.98. The summed E-state index contributed by atoms with van der Waals surface area (Å²) in [6.07, 6.45) is 10.5. The smallest absolute Gasteiger partial charge is 0.190 e. The Balaban J connectivity index is 0.000000757. The first kappa shape index (κ1) is 25.2. The van der Waals surface area contributed by atoms with Gasteiger partial charge >= 0.3 is 0 Å². The number of hydrogen-bond acceptors (Lipinski definition) is 3. The Bertz CT molecular complexity index is 646. The summed E-state index contributed by atoms with van der Waals surface area (Å²) in [4.78, 5) is 0. The standard InChI is InChI=1S/C21H27F2NOS.2C2H6/c1-26-18-4-2-14(3-5-18)15-8-19(22)21(20(23)9-15)25-12-13-6-16-10-24-11-17(16)7-13;2*1-2/h2,4,8-9,13-14,16-18,24H,3,5-7,10-12H2,1H3;2*1-2H3/t13?,14?,16-,17+,18?;;. The Morgan fingerprint density at radius 2 is 1.57 bits per heavy atom. The molecule has 0 aromatic heterocycles. The average molecular weight is 440 g/mol. The van der Waals surface area contributed by atoms with E-state index in [0.29, 0.717) is 35.2 Å². The van der Waals surface area contributed by atoms with Crippen molar-refractivity contribution in [2.45, 2.75) is 64.5 Å². The van der Waals surface area contributed by atoms with E-state index in [4.69, 9.17) is 4.74 Å². The predicted molar refractivity (Wildman–Crippen MR) is 126 cm³/mol. The van der Waals surface area contributed by atoms with Crippen LogP contribution in [-0.4, -0.2) is 31.2 Å². The molecule has 1 saturated carbocycles. The zero-order chi connectivity index (χ0) is 22.1. The highest BCUT2D eigenvalue weighted by Crippen LogP contribution is 2.39. The zero-order valence-electron chi connectivity index (χ0n) is 19.2. The van der Waals surface area contributed by atoms with Gasteiger partial charge in [0.15, 0.2) is 17.4 Å². The van der Waals surface area contributed by atoms with Gasteiger partial charge in [-0.05, 0) is 80.5 Å². The minimum absolute atomic E-state index is 0.0955. The monoisotopic (exact) mass is 439 g/mol. The SMILES string of the molecule is CC.CC.CSC1C=CC(c2cc(F)c(OCC3C[C@H]4CNC[C@H]4C3)c(F)c2)CC1. The fourth-order valence-electron chi connectivity index (χ4n) is 4.83. The molecule has 3 unspecified atom stereocenters. The summed E-state index contributed by atoms with van der Waals surface area (Å²) in [5.41, 5.74) is 0.713. The van der Waals surface area contributed by atoms with Crippen molar-refractivity contribution in [2.75, 3.05) is 26.0 Å². The number of fused-ring (bicyclic) bond motifs is 1. The third-order valence-electron chi connectivity index (χ3n) is 6.29. The summed E-state index contributed by atoms with van der Waals surface area (Å²) >= 11 is 1.82. The topological polar surface area (TPSA) is 21.3 Å². The molecule has 5 atom stereocenters. The Kier molecular flexibility index (Phi) is 10.7. The molecule has 0 spiro atoms. The number of hydrogen-bond donors (Lipinski definition) is 1. The normalized spacial score (nSPS) is 29.4. The molecule has 5 heteroatoms. The first-order valence-corrected chi connectivity index (χ1v) is 13.0. The highest BCUT2D eigenvalue weighted by Gasteiger charge is 2.37. The first-order valence-electron chi connectivity index (χ1n) is 11.7. The molecule has 3 aliphatic rings. The highest BCUT2D eigenvalue weighted by molar-refractivity contribution is 7.99. The lowest BCUT2D eigenvalue weighted by molar-refractivity contribution is 0.225. The second kappa shape index (κ2) is 12.7. The maximum atomic E-state index is 14.5. The summed E-state index contributed by atoms with van der Waals surface area (Å²) in [5.74, 6) is 0.590. The number of allylic oxidation sites excluding steroid dienone is 1. The van der Waals surface area contributed by atoms with E-state index in [0.717, 1.165) is 38.8 Å². The molecule has 1 aliphatic heterocycles. The van der Waals surface area contributed by atoms with E-state index in [1.165, 1.54) is 12.1 Å². The Hall–Kier alpha value is -1.07. The fraction of sp³-hybridized carbons (Fsp3) is 0.680. The molecule has 2 nitrogen and oxygen atoms in total. The summed E-state index contributed by atoms with van der Waals surface area (Å²) in [7, 11) is 0. The Morgan fingerprint density at radius 3 is 2.07 bits per heavy atom. The summed E-state index contributed by atoms with van der Waals surface area (Å²) < 4.78 is 34.6. The molecule has 4 rings (SSSR count). The van der Waals surface area contributed by atoms with Crippen LogP contribution in [0.15, 0.2) is 24.3 Å². The van der Waals surface area contributed by atoms with Gasteiger partial charge in [0.2, 0.25) is 0 Å². The zero-order valence-corrected chi connectivity index (χ0v) is 20.0. The van der Waals surface area contributed by atoms with Crippen LogP contribution in [0, 0.1) is 29.4 Å². The van der Waals surface area contributed by atoms with E-state index in [1.54, 1.807) is 0 Å². The van der Waals surface area contributed by atoms with Crippen molar-refractivity contribution < 1.29 is 13.5 Å². The summed E-state index contributed by atoms with van der Waals surface area (Å²) in [6, 6.07) is 2.92. The number of ether oxygens (including phenoxy) is 1. The van der Waals surface area contributed by atoms with E-state index in [-0.39, 0.29) is 11.7 Å². The number of thioether (sulfide) groups is 1. The minimum atomic E-state index is -0.569. The van der Waals surface area contributed by atoms with E-state index >= 15 is 0 Å². The van der Waals surface area contributed by atoms with Crippen LogP contribution in [-0.2, 0) is 0 Å². The minimum Gasteiger partial charge on any atom is -0.487 e. The molecule has 30 heavy (non-hydrogen) atoms. The molecule has 1 aromatic rings. The Labute approximate surface area is 186 Å². The van der Waals surface area contributed by atoms with E-state index in [2.05, 4.69) is 23.7 Å². The molecule has 2 aliphatic carbocycles. The van der Waals surface area contributed by atoms with Gasteiger partial charge in [0, 0.05) is 11.2 Å². The largest absolute Gasteiger partial charge is 0.487 e. The van der Waals surface area contributed by atoms with E-state index < -0.39 is 11.6 Å². The number of benzene rings is 1. The van der Waals surface area contributed by atoms with Gasteiger partial charge in [-0.1, -0.05) is 39.8 Å². The molecule has 0 bridgehead atoms. The van der Waals surface area contributed by atoms with Crippen LogP contribution in [0.4, 0.5) is 8.78 Å². The van der Waals surface area contributed by atoms with Crippen LogP contribution in [0.25, 0.3) is 0 Å². The molecule has 170 valence electrons. The lowest BCUT2D eigenvalue weighted by Gasteiger charge is -2.22. The van der Waals surface area contributed by atoms with E-state index in [9.17, 15) is 8.78 Å². The number of nitrogens with one attached hydrogen (secondary N) is 1. The molecule has 0 amide bonds. The summed E-state index contributed by atoms with van der Waals surface area (Å²) in [6.45, 7) is 10.6. The summed E-state index contributed by atoms with van der Waals surface area (Å²) in [5, 5.41) is 3.93. The van der Waals surface area contributed by atoms with Crippen molar-refractivity contribution in [1.82, 2.24) is 5.32 Å². The van der Waals surface area contributed by atoms with Gasteiger partial charge in [0.1, 0.15) is 0 Å². The van der Waals surface area contributed by atoms with Gasteiger partial charge in [-0.2, -0.15) is 11.8 Å². The van der Waals surface area contributed by atoms with E-state index in [1.807, 2.05) is 39.5 Å². The third-order valence-corrected chi connectivity index (χ3v) is 7.29. The van der Waals surface area contributed by atoms with Gasteiger partial charge in [-0.3, -0.25) is 0 Å². The Morgan fingerprint density at radius 1 is 0.967 bits per heavy atom. The maximum Gasteiger partial charge on any atom is 0.190 e. The van der Waals surface area contributed by atoms with Gasteiger partial charge in [-0.25, -0.2) is 8.78 Å². The molecular formula is C25H39F2NOS. The molecule has 1 saturated heterocycles. The van der Waals surface area contributed by atoms with Gasteiger partial charge in [0.05, 0.1) is 6.61 Å². The molecule has 1 N–H and O–H groups in total. The van der Waals surface area contributed by atoms with Crippen molar-refractivity contribution in [3.8, 4) is 5.75 Å². The van der Waals surface area contributed by atoms with Gasteiger partial charge in [-0.15, -0.1) is 0 Å². The third kappa shape index (κ3) is 6.23. The molecule has 2 fully saturated rings. The van der Waals surface area contributed by atoms with Crippen molar-refractivity contribution in [1.29, 1.82) is 0 Å². The molecule has 1 heterocycles. The number of halogens is 2. The lowest BCUT2D eigenvalue weighted by atomic mass is 9.89. The van der Waals surface area contributed by atoms with Crippen LogP contribution in [0.2, 0.25) is 0 Å². The van der Waals surface area contributed by atoms with Crippen molar-refractivity contribution in [3.63, 3.8) is 0 Å². The highest BCUT2D eigenvalue weighted by atomic mass is 32.2. The van der Waals surface area contributed by atoms with Crippen molar-refractivity contribution in [3.05, 3.63) is 41.5 Å². The lowest BCUT2D eigenvalue weighted by Crippen LogP contribution is -2.16. The second-order valence-corrected chi connectivity index (χ2v) is 9.06. The van der Waals surface area contributed by atoms with Crippen LogP contribution >= 0.6 is 11.8 Å². The predicted octanol–water partition coefficient (Wildman–Crippen LogP) is 6.81. The van der Waals surface area contributed by atoms with Crippen LogP contribution < -0.4 is 10.1 Å². The van der Waals surface area contributed by atoms with Crippen LogP contribution in [0.3, 0.4) is 0 Å². The van der Waals surface area contributed by atoms with Crippen LogP contribution in [0.1, 0.15) is 64.9 Å². The van der Waals surface area contributed by atoms with Gasteiger partial charge < -0.3 is 10.1 Å². The number of rotatable bonds is 5. The van der Waals surface area contributed by atoms with Crippen molar-refractivity contribution >= 4 is 11.8 Å². The molecule has 1 aromatic carbocycles. The fourth-order valence-corrected chi connectivity index (χ4v) is 5.45. The van der Waals surface area contributed by atoms with Crippen LogP contribution in [0.5, 0.6) is 5.75 Å². The quantitative estimate of drug-likeness (QED) is 0.509.